The molecule has 0 aromatic heterocycles. The number of amides is 1. The third kappa shape index (κ3) is 4.38. The van der Waals surface area contributed by atoms with Crippen molar-refractivity contribution in [3.05, 3.63) is 65.5 Å². The Morgan fingerprint density at radius 2 is 1.91 bits per heavy atom. The zero-order valence-corrected chi connectivity index (χ0v) is 13.1. The maximum absolute atomic E-state index is 12.9. The maximum atomic E-state index is 12.9. The van der Waals surface area contributed by atoms with Gasteiger partial charge in [0.2, 0.25) is 5.91 Å². The first-order chi connectivity index (χ1) is 11.0. The summed E-state index contributed by atoms with van der Waals surface area (Å²) in [4.78, 5) is 14.2. The van der Waals surface area contributed by atoms with Crippen molar-refractivity contribution in [1.82, 2.24) is 4.90 Å². The number of nitrogens with one attached hydrogen (secondary N) is 1. The van der Waals surface area contributed by atoms with Gasteiger partial charge in [0.15, 0.2) is 0 Å². The van der Waals surface area contributed by atoms with Crippen LogP contribution >= 0.6 is 0 Å². The third-order valence-corrected chi connectivity index (χ3v) is 3.69. The van der Waals surface area contributed by atoms with Gasteiger partial charge in [-0.15, -0.1) is 0 Å². The highest BCUT2D eigenvalue weighted by Crippen LogP contribution is 2.15. The van der Waals surface area contributed by atoms with Gasteiger partial charge in [0.05, 0.1) is 17.3 Å². The zero-order chi connectivity index (χ0) is 16.8. The number of nitrogens with zero attached hydrogens (tertiary/aromatic N) is 2. The van der Waals surface area contributed by atoms with Gasteiger partial charge < -0.3 is 5.32 Å². The highest BCUT2D eigenvalue weighted by molar-refractivity contribution is 5.95. The van der Waals surface area contributed by atoms with Crippen LogP contribution in [0.4, 0.5) is 10.1 Å². The summed E-state index contributed by atoms with van der Waals surface area (Å²) >= 11 is 0. The summed E-state index contributed by atoms with van der Waals surface area (Å²) in [5.74, 6) is -0.479. The first kappa shape index (κ1) is 16.7. The van der Waals surface area contributed by atoms with E-state index in [0.29, 0.717) is 17.8 Å². The maximum Gasteiger partial charge on any atom is 0.241 e. The lowest BCUT2D eigenvalue weighted by atomic mass is 10.1. The Balaban J connectivity index is 2.01. The van der Waals surface area contributed by atoms with E-state index < -0.39 is 6.04 Å². The fourth-order valence-corrected chi connectivity index (χ4v) is 2.14. The number of hydrogen-bond donors (Lipinski definition) is 1. The number of para-hydroxylation sites is 1. The lowest BCUT2D eigenvalue weighted by Gasteiger charge is -2.24. The monoisotopic (exact) mass is 311 g/mol. The fourth-order valence-electron chi connectivity index (χ4n) is 2.14. The van der Waals surface area contributed by atoms with E-state index in [-0.39, 0.29) is 11.7 Å². The standard InChI is InChI=1S/C18H18FN3O/c1-13(22(2)12-14-7-9-16(19)10-8-14)18(23)21-17-6-4-3-5-15(17)11-20/h3-10,13H,12H2,1-2H3,(H,21,23). The minimum atomic E-state index is -0.396. The highest BCUT2D eigenvalue weighted by Gasteiger charge is 2.19. The fraction of sp³-hybridized carbons (Fsp3) is 0.222. The Kier molecular flexibility index (Phi) is 5.45. The number of likely N-dealkylation sites (N-methyl/N-ethyl adjacent to an activating group) is 1. The third-order valence-electron chi connectivity index (χ3n) is 3.69. The quantitative estimate of drug-likeness (QED) is 0.923. The molecule has 0 saturated heterocycles. The number of carbonyl (C=O) groups excluding carboxylic acids is 1. The van der Waals surface area contributed by atoms with E-state index in [1.165, 1.54) is 12.1 Å². The van der Waals surface area contributed by atoms with Crippen molar-refractivity contribution in [2.24, 2.45) is 0 Å². The second kappa shape index (κ2) is 7.52. The largest absolute Gasteiger partial charge is 0.324 e. The van der Waals surface area contributed by atoms with E-state index in [9.17, 15) is 9.18 Å². The van der Waals surface area contributed by atoms with Crippen LogP contribution in [0, 0.1) is 17.1 Å². The molecule has 2 aromatic carbocycles. The molecule has 0 radical (unpaired) electrons. The summed E-state index contributed by atoms with van der Waals surface area (Å²) in [5.41, 5.74) is 1.85. The van der Waals surface area contributed by atoms with Crippen LogP contribution in [0.15, 0.2) is 48.5 Å². The van der Waals surface area contributed by atoms with Gasteiger partial charge in [-0.2, -0.15) is 5.26 Å². The minimum Gasteiger partial charge on any atom is -0.324 e. The lowest BCUT2D eigenvalue weighted by Crippen LogP contribution is -2.39. The molecule has 0 aliphatic heterocycles. The number of halogens is 1. The average Bonchev–Trinajstić information content (AvgIpc) is 2.56. The Morgan fingerprint density at radius 3 is 2.57 bits per heavy atom. The summed E-state index contributed by atoms with van der Waals surface area (Å²) in [6.45, 7) is 2.31. The number of carbonyl (C=O) groups is 1. The van der Waals surface area contributed by atoms with Crippen molar-refractivity contribution in [2.75, 3.05) is 12.4 Å². The predicted octanol–water partition coefficient (Wildman–Crippen LogP) is 3.16. The second-order valence-corrected chi connectivity index (χ2v) is 5.36. The molecule has 2 aromatic rings. The molecular formula is C18H18FN3O. The predicted molar refractivity (Wildman–Crippen MR) is 87.1 cm³/mol. The van der Waals surface area contributed by atoms with Crippen molar-refractivity contribution < 1.29 is 9.18 Å². The number of benzene rings is 2. The molecule has 1 unspecified atom stereocenters. The molecule has 118 valence electrons. The van der Waals surface area contributed by atoms with E-state index >= 15 is 0 Å². The summed E-state index contributed by atoms with van der Waals surface area (Å²) in [6.07, 6.45) is 0. The summed E-state index contributed by atoms with van der Waals surface area (Å²) in [5, 5.41) is 11.8. The van der Waals surface area contributed by atoms with Crippen LogP contribution in [-0.2, 0) is 11.3 Å². The van der Waals surface area contributed by atoms with Crippen LogP contribution in [0.1, 0.15) is 18.1 Å². The molecule has 1 amide bonds. The molecular weight excluding hydrogens is 293 g/mol. The van der Waals surface area contributed by atoms with Crippen molar-refractivity contribution in [1.29, 1.82) is 5.26 Å². The van der Waals surface area contributed by atoms with Crippen LogP contribution in [0.3, 0.4) is 0 Å². The second-order valence-electron chi connectivity index (χ2n) is 5.36. The van der Waals surface area contributed by atoms with Crippen molar-refractivity contribution in [2.45, 2.75) is 19.5 Å². The van der Waals surface area contributed by atoms with Gasteiger partial charge >= 0.3 is 0 Å². The van der Waals surface area contributed by atoms with E-state index in [0.717, 1.165) is 5.56 Å². The van der Waals surface area contributed by atoms with Crippen molar-refractivity contribution in [3.63, 3.8) is 0 Å². The Hall–Kier alpha value is -2.71. The van der Waals surface area contributed by atoms with Crippen LogP contribution in [-0.4, -0.2) is 23.9 Å². The molecule has 5 heteroatoms. The van der Waals surface area contributed by atoms with Crippen LogP contribution < -0.4 is 5.32 Å². The highest BCUT2D eigenvalue weighted by atomic mass is 19.1. The molecule has 0 spiro atoms. The lowest BCUT2D eigenvalue weighted by molar-refractivity contribution is -0.120. The molecule has 4 nitrogen and oxygen atoms in total. The zero-order valence-electron chi connectivity index (χ0n) is 13.1. The van der Waals surface area contributed by atoms with Crippen LogP contribution in [0.2, 0.25) is 0 Å². The molecule has 0 heterocycles. The van der Waals surface area contributed by atoms with E-state index in [2.05, 4.69) is 11.4 Å². The first-order valence-electron chi connectivity index (χ1n) is 7.26. The van der Waals surface area contributed by atoms with Gasteiger partial charge in [-0.25, -0.2) is 4.39 Å². The smallest absolute Gasteiger partial charge is 0.241 e. The normalized spacial score (nSPS) is 11.8. The summed E-state index contributed by atoms with van der Waals surface area (Å²) in [7, 11) is 1.82. The summed E-state index contributed by atoms with van der Waals surface area (Å²) < 4.78 is 12.9. The van der Waals surface area contributed by atoms with Gasteiger partial charge in [-0.05, 0) is 43.8 Å². The number of hydrogen-bond acceptors (Lipinski definition) is 3. The van der Waals surface area contributed by atoms with Crippen molar-refractivity contribution in [3.8, 4) is 6.07 Å². The van der Waals surface area contributed by atoms with Crippen LogP contribution in [0.25, 0.3) is 0 Å². The average molecular weight is 311 g/mol. The molecule has 1 N–H and O–H groups in total. The van der Waals surface area contributed by atoms with Gasteiger partial charge in [0.25, 0.3) is 0 Å². The number of nitriles is 1. The molecule has 0 aliphatic carbocycles. The Bertz CT molecular complexity index is 722. The topological polar surface area (TPSA) is 56.1 Å². The Labute approximate surface area is 135 Å². The minimum absolute atomic E-state index is 0.197. The molecule has 0 aliphatic rings. The van der Waals surface area contributed by atoms with E-state index in [1.54, 1.807) is 43.3 Å². The van der Waals surface area contributed by atoms with Crippen LogP contribution in [0.5, 0.6) is 0 Å². The molecule has 0 fully saturated rings. The van der Waals surface area contributed by atoms with Gasteiger partial charge in [-0.1, -0.05) is 24.3 Å². The first-order valence-corrected chi connectivity index (χ1v) is 7.26. The summed E-state index contributed by atoms with van der Waals surface area (Å²) in [6, 6.07) is 14.7. The van der Waals surface area contributed by atoms with Gasteiger partial charge in [0.1, 0.15) is 11.9 Å². The van der Waals surface area contributed by atoms with Crippen molar-refractivity contribution >= 4 is 11.6 Å². The SMILES string of the molecule is CC(C(=O)Nc1ccccc1C#N)N(C)Cc1ccc(F)cc1. The van der Waals surface area contributed by atoms with E-state index in [4.69, 9.17) is 5.26 Å². The molecule has 0 saturated carbocycles. The Morgan fingerprint density at radius 1 is 1.26 bits per heavy atom. The molecule has 1 atom stereocenters. The molecule has 0 bridgehead atoms. The molecule has 2 rings (SSSR count). The van der Waals surface area contributed by atoms with Gasteiger partial charge in [0, 0.05) is 6.54 Å². The van der Waals surface area contributed by atoms with Gasteiger partial charge in [-0.3, -0.25) is 9.69 Å². The number of rotatable bonds is 5. The number of anilines is 1. The van der Waals surface area contributed by atoms with E-state index in [1.807, 2.05) is 11.9 Å². The molecule has 23 heavy (non-hydrogen) atoms.